The van der Waals surface area contributed by atoms with E-state index in [1.54, 1.807) is 11.8 Å². The van der Waals surface area contributed by atoms with Crippen molar-refractivity contribution >= 4 is 82.5 Å². The standard InChI is InChI=1S/C24H24Br2N6O2S3/c25-17-7-3-1-5-15(17)13-19(33)27-23-31-29-21(36-23)9-11-35-12-10-22-30-32-24(37-22)28-20(34)14-16-6-2-4-8-18(16)26/h1-8,19,33H,9-14H2,(H,27,31)(H,28,32,34). The molecule has 0 radical (unpaired) electrons. The number of rotatable bonds is 13. The van der Waals surface area contributed by atoms with E-state index in [1.165, 1.54) is 22.7 Å². The number of carbonyl (C=O) groups is 1. The summed E-state index contributed by atoms with van der Waals surface area (Å²) in [6.07, 6.45) is 1.59. The first kappa shape index (κ1) is 28.1. The van der Waals surface area contributed by atoms with Gasteiger partial charge in [0.15, 0.2) is 0 Å². The maximum Gasteiger partial charge on any atom is 0.230 e. The summed E-state index contributed by atoms with van der Waals surface area (Å²) in [5.41, 5.74) is 1.95. The minimum atomic E-state index is -0.740. The van der Waals surface area contributed by atoms with Crippen molar-refractivity contribution in [3.8, 4) is 0 Å². The number of anilines is 2. The number of nitrogens with one attached hydrogen (secondary N) is 2. The van der Waals surface area contributed by atoms with Crippen LogP contribution in [0.2, 0.25) is 0 Å². The highest BCUT2D eigenvalue weighted by atomic mass is 79.9. The van der Waals surface area contributed by atoms with E-state index in [4.69, 9.17) is 0 Å². The minimum absolute atomic E-state index is 0.115. The molecular formula is C24H24Br2N6O2S3. The zero-order valence-corrected chi connectivity index (χ0v) is 25.2. The second kappa shape index (κ2) is 14.3. The molecule has 0 spiro atoms. The number of carbonyl (C=O) groups excluding carboxylic acids is 1. The molecule has 0 bridgehead atoms. The van der Waals surface area contributed by atoms with E-state index in [1.807, 2.05) is 48.5 Å². The molecule has 37 heavy (non-hydrogen) atoms. The Hall–Kier alpha value is -1.90. The third kappa shape index (κ3) is 9.11. The number of aliphatic hydroxyl groups is 1. The molecule has 1 unspecified atom stereocenters. The molecule has 194 valence electrons. The second-order valence-electron chi connectivity index (χ2n) is 7.89. The lowest BCUT2D eigenvalue weighted by molar-refractivity contribution is -0.115. The molecule has 13 heteroatoms. The van der Waals surface area contributed by atoms with Gasteiger partial charge in [-0.15, -0.1) is 20.4 Å². The molecule has 2 heterocycles. The van der Waals surface area contributed by atoms with Gasteiger partial charge in [-0.3, -0.25) is 4.79 Å². The summed E-state index contributed by atoms with van der Waals surface area (Å²) >= 11 is 11.6. The highest BCUT2D eigenvalue weighted by Crippen LogP contribution is 2.22. The molecule has 0 saturated heterocycles. The van der Waals surface area contributed by atoms with Gasteiger partial charge in [0.1, 0.15) is 16.2 Å². The summed E-state index contributed by atoms with van der Waals surface area (Å²) in [4.78, 5) is 12.3. The van der Waals surface area contributed by atoms with Crippen molar-refractivity contribution in [2.24, 2.45) is 0 Å². The summed E-state index contributed by atoms with van der Waals surface area (Å²) in [6.45, 7) is 0. The Morgan fingerprint density at radius 3 is 2.08 bits per heavy atom. The molecule has 3 N–H and O–H groups in total. The van der Waals surface area contributed by atoms with Gasteiger partial charge in [0.25, 0.3) is 0 Å². The number of amides is 1. The van der Waals surface area contributed by atoms with Crippen LogP contribution in [0.1, 0.15) is 21.1 Å². The van der Waals surface area contributed by atoms with Gasteiger partial charge in [-0.25, -0.2) is 0 Å². The van der Waals surface area contributed by atoms with Gasteiger partial charge in [0.05, 0.1) is 6.42 Å². The number of aryl methyl sites for hydroxylation is 2. The van der Waals surface area contributed by atoms with Crippen LogP contribution in [-0.2, 0) is 30.5 Å². The first-order valence-electron chi connectivity index (χ1n) is 11.4. The molecule has 0 fully saturated rings. The molecule has 0 aliphatic rings. The van der Waals surface area contributed by atoms with Crippen LogP contribution >= 0.6 is 66.3 Å². The number of aliphatic hydroxyl groups excluding tert-OH is 1. The predicted molar refractivity (Wildman–Crippen MR) is 159 cm³/mol. The number of hydrogen-bond acceptors (Lipinski definition) is 10. The van der Waals surface area contributed by atoms with Crippen molar-refractivity contribution in [3.63, 3.8) is 0 Å². The van der Waals surface area contributed by atoms with Gasteiger partial charge < -0.3 is 15.7 Å². The number of thioether (sulfide) groups is 1. The average Bonchev–Trinajstić information content (AvgIpc) is 3.51. The van der Waals surface area contributed by atoms with Crippen molar-refractivity contribution in [1.29, 1.82) is 0 Å². The van der Waals surface area contributed by atoms with Crippen molar-refractivity contribution in [2.75, 3.05) is 22.1 Å². The Kier molecular flexibility index (Phi) is 10.9. The van der Waals surface area contributed by atoms with E-state index < -0.39 is 6.23 Å². The maximum atomic E-state index is 12.3. The molecule has 4 rings (SSSR count). The molecular weight excluding hydrogens is 660 g/mol. The normalized spacial score (nSPS) is 11.9. The first-order valence-corrected chi connectivity index (χ1v) is 15.8. The fraction of sp³-hybridized carbons (Fsp3) is 0.292. The lowest BCUT2D eigenvalue weighted by atomic mass is 10.1. The predicted octanol–water partition coefficient (Wildman–Crippen LogP) is 5.59. The topological polar surface area (TPSA) is 113 Å². The number of benzene rings is 2. The fourth-order valence-electron chi connectivity index (χ4n) is 3.28. The summed E-state index contributed by atoms with van der Waals surface area (Å²) in [5.74, 6) is 1.69. The molecule has 1 atom stereocenters. The van der Waals surface area contributed by atoms with Crippen molar-refractivity contribution in [1.82, 2.24) is 20.4 Å². The first-order chi connectivity index (χ1) is 18.0. The Balaban J connectivity index is 1.12. The smallest absolute Gasteiger partial charge is 0.230 e. The fourth-order valence-corrected chi connectivity index (χ4v) is 6.83. The summed E-state index contributed by atoms with van der Waals surface area (Å²) in [7, 11) is 0. The Bertz CT molecular complexity index is 1320. The third-order valence-electron chi connectivity index (χ3n) is 5.07. The van der Waals surface area contributed by atoms with Crippen LogP contribution in [0.5, 0.6) is 0 Å². The Morgan fingerprint density at radius 2 is 1.43 bits per heavy atom. The zero-order valence-electron chi connectivity index (χ0n) is 19.6. The number of aromatic nitrogens is 4. The van der Waals surface area contributed by atoms with E-state index >= 15 is 0 Å². The van der Waals surface area contributed by atoms with Gasteiger partial charge in [-0.1, -0.05) is 90.9 Å². The monoisotopic (exact) mass is 682 g/mol. The van der Waals surface area contributed by atoms with Crippen LogP contribution in [0.4, 0.5) is 10.3 Å². The number of nitrogens with zero attached hydrogens (tertiary/aromatic N) is 4. The van der Waals surface area contributed by atoms with E-state index in [-0.39, 0.29) is 12.3 Å². The molecule has 0 saturated carbocycles. The lowest BCUT2D eigenvalue weighted by Crippen LogP contribution is -2.21. The number of hydrogen-bond donors (Lipinski definition) is 3. The molecule has 1 amide bonds. The zero-order chi connectivity index (χ0) is 26.0. The van der Waals surface area contributed by atoms with E-state index in [0.717, 1.165) is 54.4 Å². The summed E-state index contributed by atoms with van der Waals surface area (Å²) in [5, 5.41) is 35.8. The SMILES string of the molecule is O=C(Cc1ccccc1Br)Nc1nnc(CCSCCc2nnc(NC(O)Cc3ccccc3Br)s2)s1. The van der Waals surface area contributed by atoms with Crippen LogP contribution in [-0.4, -0.2) is 49.1 Å². The molecule has 0 aliphatic carbocycles. The molecule has 2 aromatic carbocycles. The van der Waals surface area contributed by atoms with E-state index in [9.17, 15) is 9.90 Å². The van der Waals surface area contributed by atoms with Gasteiger partial charge >= 0.3 is 0 Å². The van der Waals surface area contributed by atoms with Crippen LogP contribution in [0, 0.1) is 0 Å². The Labute approximate surface area is 244 Å². The van der Waals surface area contributed by atoms with E-state index in [2.05, 4.69) is 62.9 Å². The number of halogens is 2. The highest BCUT2D eigenvalue weighted by molar-refractivity contribution is 9.10. The highest BCUT2D eigenvalue weighted by Gasteiger charge is 2.12. The van der Waals surface area contributed by atoms with Gasteiger partial charge in [-0.05, 0) is 34.8 Å². The van der Waals surface area contributed by atoms with Crippen LogP contribution in [0.15, 0.2) is 57.5 Å². The quantitative estimate of drug-likeness (QED) is 0.124. The molecule has 0 aliphatic heterocycles. The van der Waals surface area contributed by atoms with Crippen molar-refractivity contribution in [2.45, 2.75) is 31.9 Å². The minimum Gasteiger partial charge on any atom is -0.373 e. The van der Waals surface area contributed by atoms with Crippen LogP contribution in [0.3, 0.4) is 0 Å². The maximum absolute atomic E-state index is 12.3. The molecule has 2 aromatic heterocycles. The van der Waals surface area contributed by atoms with Gasteiger partial charge in [-0.2, -0.15) is 11.8 Å². The van der Waals surface area contributed by atoms with E-state index in [0.29, 0.717) is 16.7 Å². The van der Waals surface area contributed by atoms with Crippen molar-refractivity contribution < 1.29 is 9.90 Å². The van der Waals surface area contributed by atoms with Gasteiger partial charge in [0, 0.05) is 28.2 Å². The largest absolute Gasteiger partial charge is 0.373 e. The summed E-state index contributed by atoms with van der Waals surface area (Å²) in [6, 6.07) is 15.5. The van der Waals surface area contributed by atoms with Gasteiger partial charge in [0.2, 0.25) is 16.2 Å². The lowest BCUT2D eigenvalue weighted by Gasteiger charge is -2.12. The van der Waals surface area contributed by atoms with Crippen molar-refractivity contribution in [3.05, 3.63) is 78.6 Å². The Morgan fingerprint density at radius 1 is 0.865 bits per heavy atom. The molecule has 8 nitrogen and oxygen atoms in total. The summed E-state index contributed by atoms with van der Waals surface area (Å²) < 4.78 is 1.88. The second-order valence-corrected chi connectivity index (χ2v) is 12.9. The molecule has 4 aromatic rings. The van der Waals surface area contributed by atoms with Crippen LogP contribution in [0.25, 0.3) is 0 Å². The van der Waals surface area contributed by atoms with Crippen LogP contribution < -0.4 is 10.6 Å². The average molecular weight is 685 g/mol. The third-order valence-corrected chi connectivity index (χ3v) is 9.42.